The second-order valence-electron chi connectivity index (χ2n) is 6.15. The summed E-state index contributed by atoms with van der Waals surface area (Å²) in [5, 5.41) is 3.28. The number of nitrogens with one attached hydrogen (secondary N) is 1. The number of hydrogen-bond donors (Lipinski definition) is 1. The quantitative estimate of drug-likeness (QED) is 0.840. The van der Waals surface area contributed by atoms with Crippen LogP contribution in [0.1, 0.15) is 34.5 Å². The minimum absolute atomic E-state index is 0.0297. The summed E-state index contributed by atoms with van der Waals surface area (Å²) in [6.45, 7) is 2.81. The van der Waals surface area contributed by atoms with Crippen molar-refractivity contribution in [3.05, 3.63) is 59.2 Å². The number of ether oxygens (including phenoxy) is 2. The summed E-state index contributed by atoms with van der Waals surface area (Å²) in [5.74, 6) is 1.23. The zero-order chi connectivity index (χ0) is 18.7. The number of nitrogens with zero attached hydrogens (tertiary/aromatic N) is 1. The minimum atomic E-state index is -0.194. The second-order valence-corrected chi connectivity index (χ2v) is 6.54. The molecule has 3 rings (SSSR count). The van der Waals surface area contributed by atoms with Crippen LogP contribution < -0.4 is 14.8 Å². The van der Waals surface area contributed by atoms with Gasteiger partial charge in [-0.3, -0.25) is 10.1 Å². The van der Waals surface area contributed by atoms with Gasteiger partial charge in [-0.1, -0.05) is 18.2 Å². The van der Waals surface area contributed by atoms with Crippen LogP contribution in [0.5, 0.6) is 11.5 Å². The van der Waals surface area contributed by atoms with Gasteiger partial charge < -0.3 is 14.4 Å². The van der Waals surface area contributed by atoms with E-state index in [0.29, 0.717) is 16.4 Å². The van der Waals surface area contributed by atoms with E-state index in [0.717, 1.165) is 24.3 Å². The molecule has 1 aliphatic heterocycles. The van der Waals surface area contributed by atoms with Crippen molar-refractivity contribution in [1.29, 1.82) is 0 Å². The van der Waals surface area contributed by atoms with E-state index in [4.69, 9.17) is 21.7 Å². The number of fused-ring (bicyclic) bond motifs is 1. The van der Waals surface area contributed by atoms with Gasteiger partial charge in [-0.15, -0.1) is 0 Å². The number of benzene rings is 2. The molecular formula is C20H22N2O3S. The van der Waals surface area contributed by atoms with E-state index < -0.39 is 0 Å². The Kier molecular flexibility index (Phi) is 5.42. The maximum Gasteiger partial charge on any atom is 0.257 e. The molecule has 0 radical (unpaired) electrons. The average Bonchev–Trinajstić information content (AvgIpc) is 2.67. The fraction of sp³-hybridized carbons (Fsp3) is 0.300. The minimum Gasteiger partial charge on any atom is -0.493 e. The van der Waals surface area contributed by atoms with Crippen LogP contribution in [0.4, 0.5) is 0 Å². The molecule has 0 spiro atoms. The molecular weight excluding hydrogens is 348 g/mol. The molecule has 2 aromatic rings. The van der Waals surface area contributed by atoms with Crippen LogP contribution in [0.15, 0.2) is 42.5 Å². The Labute approximate surface area is 158 Å². The molecule has 1 amide bonds. The summed E-state index contributed by atoms with van der Waals surface area (Å²) in [5.41, 5.74) is 2.93. The molecule has 0 fully saturated rings. The van der Waals surface area contributed by atoms with Crippen molar-refractivity contribution in [2.45, 2.75) is 19.4 Å². The first-order valence-electron chi connectivity index (χ1n) is 8.47. The fourth-order valence-corrected chi connectivity index (χ4v) is 3.59. The van der Waals surface area contributed by atoms with Gasteiger partial charge in [0.05, 0.1) is 20.3 Å². The van der Waals surface area contributed by atoms with Gasteiger partial charge in [0.25, 0.3) is 5.91 Å². The zero-order valence-corrected chi connectivity index (χ0v) is 15.9. The van der Waals surface area contributed by atoms with E-state index >= 15 is 0 Å². The molecule has 0 saturated heterocycles. The number of methoxy groups -OCH3 is 2. The first-order valence-corrected chi connectivity index (χ1v) is 8.87. The Balaban J connectivity index is 1.79. The van der Waals surface area contributed by atoms with Crippen molar-refractivity contribution in [2.75, 3.05) is 20.8 Å². The maximum absolute atomic E-state index is 12.4. The molecule has 136 valence electrons. The standard InChI is InChI=1S/C20H22N2O3S/c1-13-16-12-18(25-3)17(24-2)11-15(16)9-10-22(13)20(26)21-19(23)14-7-5-4-6-8-14/h4-8,11-13H,9-10H2,1-3H3,(H,21,23,26)/t13-/m0/s1. The van der Waals surface area contributed by atoms with Gasteiger partial charge in [-0.25, -0.2) is 0 Å². The smallest absolute Gasteiger partial charge is 0.257 e. The van der Waals surface area contributed by atoms with Crippen molar-refractivity contribution in [2.24, 2.45) is 0 Å². The van der Waals surface area contributed by atoms with Gasteiger partial charge in [0, 0.05) is 12.1 Å². The molecule has 1 N–H and O–H groups in total. The van der Waals surface area contributed by atoms with Crippen LogP contribution in [0.25, 0.3) is 0 Å². The Morgan fingerprint density at radius 3 is 2.46 bits per heavy atom. The van der Waals surface area contributed by atoms with Crippen LogP contribution in [-0.4, -0.2) is 36.7 Å². The lowest BCUT2D eigenvalue weighted by Gasteiger charge is -2.37. The largest absolute Gasteiger partial charge is 0.493 e. The van der Waals surface area contributed by atoms with Gasteiger partial charge in [0.1, 0.15) is 0 Å². The number of thiocarbonyl (C=S) groups is 1. The lowest BCUT2D eigenvalue weighted by molar-refractivity contribution is 0.0971. The molecule has 1 atom stereocenters. The number of hydrogen-bond acceptors (Lipinski definition) is 4. The van der Waals surface area contributed by atoms with Crippen LogP contribution in [-0.2, 0) is 6.42 Å². The maximum atomic E-state index is 12.4. The first kappa shape index (κ1) is 18.2. The third kappa shape index (κ3) is 3.51. The highest BCUT2D eigenvalue weighted by molar-refractivity contribution is 7.80. The molecule has 6 heteroatoms. The van der Waals surface area contributed by atoms with E-state index in [1.165, 1.54) is 5.56 Å². The monoisotopic (exact) mass is 370 g/mol. The molecule has 0 saturated carbocycles. The molecule has 5 nitrogen and oxygen atoms in total. The third-order valence-corrected chi connectivity index (χ3v) is 5.04. The fourth-order valence-electron chi connectivity index (χ4n) is 3.25. The van der Waals surface area contributed by atoms with Crippen molar-refractivity contribution >= 4 is 23.2 Å². The molecule has 1 heterocycles. The SMILES string of the molecule is COc1cc2c(cc1OC)[C@H](C)N(C(=S)NC(=O)c1ccccc1)CC2. The highest BCUT2D eigenvalue weighted by Gasteiger charge is 2.28. The van der Waals surface area contributed by atoms with Crippen molar-refractivity contribution in [1.82, 2.24) is 10.2 Å². The van der Waals surface area contributed by atoms with Crippen molar-refractivity contribution < 1.29 is 14.3 Å². The highest BCUT2D eigenvalue weighted by atomic mass is 32.1. The van der Waals surface area contributed by atoms with Crippen molar-refractivity contribution in [3.63, 3.8) is 0 Å². The van der Waals surface area contributed by atoms with Crippen LogP contribution >= 0.6 is 12.2 Å². The van der Waals surface area contributed by atoms with Gasteiger partial charge in [-0.05, 0) is 61.0 Å². The van der Waals surface area contributed by atoms with Gasteiger partial charge >= 0.3 is 0 Å². The van der Waals surface area contributed by atoms with Gasteiger partial charge in [-0.2, -0.15) is 0 Å². The average molecular weight is 370 g/mol. The third-order valence-electron chi connectivity index (χ3n) is 4.70. The Hall–Kier alpha value is -2.60. The van der Waals surface area contributed by atoms with Crippen LogP contribution in [0.2, 0.25) is 0 Å². The summed E-state index contributed by atoms with van der Waals surface area (Å²) >= 11 is 5.50. The lowest BCUT2D eigenvalue weighted by Crippen LogP contribution is -2.46. The van der Waals surface area contributed by atoms with Crippen LogP contribution in [0, 0.1) is 0 Å². The first-order chi connectivity index (χ1) is 12.5. The predicted molar refractivity (Wildman–Crippen MR) is 105 cm³/mol. The van der Waals surface area contributed by atoms with Gasteiger partial charge in [0.2, 0.25) is 0 Å². The van der Waals surface area contributed by atoms with Crippen LogP contribution in [0.3, 0.4) is 0 Å². The zero-order valence-electron chi connectivity index (χ0n) is 15.1. The van der Waals surface area contributed by atoms with E-state index in [9.17, 15) is 4.79 Å². The summed E-state index contributed by atoms with van der Waals surface area (Å²) in [6.07, 6.45) is 0.821. The number of amides is 1. The number of carbonyl (C=O) groups excluding carboxylic acids is 1. The molecule has 0 aliphatic carbocycles. The predicted octanol–water partition coefficient (Wildman–Crippen LogP) is 3.34. The summed E-state index contributed by atoms with van der Waals surface area (Å²) < 4.78 is 10.8. The van der Waals surface area contributed by atoms with E-state index in [1.54, 1.807) is 26.4 Å². The molecule has 26 heavy (non-hydrogen) atoms. The summed E-state index contributed by atoms with van der Waals surface area (Å²) in [7, 11) is 3.26. The van der Waals surface area contributed by atoms with E-state index in [2.05, 4.69) is 12.2 Å². The molecule has 0 aromatic heterocycles. The highest BCUT2D eigenvalue weighted by Crippen LogP contribution is 2.37. The molecule has 0 unspecified atom stereocenters. The lowest BCUT2D eigenvalue weighted by atomic mass is 9.93. The number of carbonyl (C=O) groups is 1. The topological polar surface area (TPSA) is 50.8 Å². The van der Waals surface area contributed by atoms with E-state index in [-0.39, 0.29) is 11.9 Å². The molecule has 2 aromatic carbocycles. The summed E-state index contributed by atoms with van der Waals surface area (Å²) in [6, 6.07) is 13.1. The molecule has 0 bridgehead atoms. The normalized spacial score (nSPS) is 15.8. The number of rotatable bonds is 3. The van der Waals surface area contributed by atoms with Gasteiger partial charge in [0.15, 0.2) is 16.6 Å². The van der Waals surface area contributed by atoms with E-state index in [1.807, 2.05) is 35.2 Å². The Morgan fingerprint density at radius 2 is 1.81 bits per heavy atom. The Morgan fingerprint density at radius 1 is 1.15 bits per heavy atom. The Bertz CT molecular complexity index is 823. The second kappa shape index (κ2) is 7.74. The van der Waals surface area contributed by atoms with Crippen molar-refractivity contribution in [3.8, 4) is 11.5 Å². The summed E-state index contributed by atoms with van der Waals surface area (Å²) in [4.78, 5) is 14.4. The molecule has 1 aliphatic rings.